The number of methoxy groups -OCH3 is 1. The molecule has 9 nitrogen and oxygen atoms in total. The first-order chi connectivity index (χ1) is 15.1. The minimum atomic E-state index is 0.119. The molecule has 0 radical (unpaired) electrons. The molecule has 1 aromatic heterocycles. The molecule has 0 fully saturated rings. The SMILES string of the molecule is COc1ccc(Nc2nc(Nc3cccc(O)c3)nc(Nc3cccc(O)c3)n2)cc1. The molecule has 1 heterocycles. The molecule has 0 aliphatic rings. The Balaban J connectivity index is 1.64. The van der Waals surface area contributed by atoms with Crippen molar-refractivity contribution in [2.24, 2.45) is 0 Å². The number of aromatic hydroxyl groups is 2. The Labute approximate surface area is 178 Å². The normalized spacial score (nSPS) is 10.4. The van der Waals surface area contributed by atoms with Crippen LogP contribution in [0, 0.1) is 0 Å². The first-order valence-electron chi connectivity index (χ1n) is 9.37. The number of hydrogen-bond donors (Lipinski definition) is 5. The highest BCUT2D eigenvalue weighted by Crippen LogP contribution is 2.24. The van der Waals surface area contributed by atoms with Gasteiger partial charge in [-0.3, -0.25) is 0 Å². The Bertz CT molecular complexity index is 1120. The average molecular weight is 416 g/mol. The molecular weight excluding hydrogens is 396 g/mol. The molecule has 0 amide bonds. The molecule has 0 saturated carbocycles. The fourth-order valence-electron chi connectivity index (χ4n) is 2.77. The second-order valence-corrected chi connectivity index (χ2v) is 6.51. The third-order valence-corrected chi connectivity index (χ3v) is 4.19. The fourth-order valence-corrected chi connectivity index (χ4v) is 2.77. The number of hydrogen-bond acceptors (Lipinski definition) is 9. The van der Waals surface area contributed by atoms with Gasteiger partial charge in [0.2, 0.25) is 17.8 Å². The third kappa shape index (κ3) is 5.30. The van der Waals surface area contributed by atoms with E-state index in [-0.39, 0.29) is 23.4 Å². The van der Waals surface area contributed by atoms with Gasteiger partial charge in [-0.25, -0.2) is 0 Å². The van der Waals surface area contributed by atoms with E-state index in [2.05, 4.69) is 30.9 Å². The summed E-state index contributed by atoms with van der Waals surface area (Å²) in [6, 6.07) is 20.6. The van der Waals surface area contributed by atoms with Crippen molar-refractivity contribution in [2.45, 2.75) is 0 Å². The number of phenolic OH excluding ortho intramolecular Hbond substituents is 2. The first kappa shape index (κ1) is 19.8. The lowest BCUT2D eigenvalue weighted by molar-refractivity contribution is 0.415. The van der Waals surface area contributed by atoms with Crippen LogP contribution < -0.4 is 20.7 Å². The van der Waals surface area contributed by atoms with E-state index in [1.165, 1.54) is 0 Å². The van der Waals surface area contributed by atoms with Crippen LogP contribution in [0.1, 0.15) is 0 Å². The molecule has 0 atom stereocenters. The van der Waals surface area contributed by atoms with Crippen LogP contribution in [0.4, 0.5) is 34.9 Å². The molecule has 3 aromatic carbocycles. The van der Waals surface area contributed by atoms with Gasteiger partial charge in [0.25, 0.3) is 0 Å². The van der Waals surface area contributed by atoms with Crippen molar-refractivity contribution in [1.82, 2.24) is 15.0 Å². The van der Waals surface area contributed by atoms with E-state index >= 15 is 0 Å². The molecule has 5 N–H and O–H groups in total. The summed E-state index contributed by atoms with van der Waals surface area (Å²) < 4.78 is 5.18. The molecule has 4 aromatic rings. The topological polar surface area (TPSA) is 124 Å². The minimum Gasteiger partial charge on any atom is -0.508 e. The molecule has 0 spiro atoms. The van der Waals surface area contributed by atoms with Gasteiger partial charge >= 0.3 is 0 Å². The highest BCUT2D eigenvalue weighted by molar-refractivity contribution is 5.63. The number of nitrogens with zero attached hydrogens (tertiary/aromatic N) is 3. The van der Waals surface area contributed by atoms with E-state index in [4.69, 9.17) is 4.74 Å². The summed E-state index contributed by atoms with van der Waals surface area (Å²) in [5.41, 5.74) is 1.99. The number of anilines is 6. The Morgan fingerprint density at radius 1 is 0.613 bits per heavy atom. The molecule has 0 saturated heterocycles. The van der Waals surface area contributed by atoms with Gasteiger partial charge in [0.1, 0.15) is 17.2 Å². The van der Waals surface area contributed by atoms with E-state index in [0.717, 1.165) is 11.4 Å². The van der Waals surface area contributed by atoms with Crippen molar-refractivity contribution < 1.29 is 14.9 Å². The summed E-state index contributed by atoms with van der Waals surface area (Å²) >= 11 is 0. The van der Waals surface area contributed by atoms with Gasteiger partial charge in [0.05, 0.1) is 7.11 Å². The van der Waals surface area contributed by atoms with Crippen LogP contribution in [-0.2, 0) is 0 Å². The summed E-state index contributed by atoms with van der Waals surface area (Å²) in [5.74, 6) is 1.80. The Morgan fingerprint density at radius 2 is 1.06 bits per heavy atom. The predicted octanol–water partition coefficient (Wildman–Crippen LogP) is 4.52. The van der Waals surface area contributed by atoms with E-state index < -0.39 is 0 Å². The Kier molecular flexibility index (Phi) is 5.66. The fraction of sp³-hybridized carbons (Fsp3) is 0.0455. The number of rotatable bonds is 7. The minimum absolute atomic E-state index is 0.119. The zero-order chi connectivity index (χ0) is 21.6. The molecule has 0 bridgehead atoms. The van der Waals surface area contributed by atoms with Crippen LogP contribution in [-0.4, -0.2) is 32.3 Å². The van der Waals surface area contributed by atoms with Gasteiger partial charge in [-0.05, 0) is 48.5 Å². The number of nitrogens with one attached hydrogen (secondary N) is 3. The summed E-state index contributed by atoms with van der Waals surface area (Å²) in [5, 5.41) is 28.7. The monoisotopic (exact) mass is 416 g/mol. The molecular formula is C22H20N6O3. The summed E-state index contributed by atoms with van der Waals surface area (Å²) in [6.07, 6.45) is 0. The van der Waals surface area contributed by atoms with Crippen molar-refractivity contribution in [3.05, 3.63) is 72.8 Å². The largest absolute Gasteiger partial charge is 0.508 e. The summed E-state index contributed by atoms with van der Waals surface area (Å²) in [4.78, 5) is 13.2. The standard InChI is InChI=1S/C22H20N6O3/c1-31-19-10-8-14(9-11-19)23-20-26-21(24-15-4-2-6-17(29)12-15)28-22(27-20)25-16-5-3-7-18(30)13-16/h2-13,29-30H,1H3,(H3,23,24,25,26,27,28). The van der Waals surface area contributed by atoms with Gasteiger partial charge in [-0.1, -0.05) is 12.1 Å². The van der Waals surface area contributed by atoms with Crippen molar-refractivity contribution in [3.63, 3.8) is 0 Å². The second kappa shape index (κ2) is 8.87. The molecule has 0 aliphatic carbocycles. The van der Waals surface area contributed by atoms with Crippen molar-refractivity contribution >= 4 is 34.9 Å². The van der Waals surface area contributed by atoms with Crippen molar-refractivity contribution in [1.29, 1.82) is 0 Å². The second-order valence-electron chi connectivity index (χ2n) is 6.51. The van der Waals surface area contributed by atoms with Crippen LogP contribution in [0.3, 0.4) is 0 Å². The van der Waals surface area contributed by atoms with Crippen LogP contribution in [0.5, 0.6) is 17.2 Å². The zero-order valence-electron chi connectivity index (χ0n) is 16.6. The highest BCUT2D eigenvalue weighted by Gasteiger charge is 2.09. The van der Waals surface area contributed by atoms with Gasteiger partial charge in [-0.2, -0.15) is 15.0 Å². The third-order valence-electron chi connectivity index (χ3n) is 4.19. The molecule has 31 heavy (non-hydrogen) atoms. The lowest BCUT2D eigenvalue weighted by atomic mass is 10.3. The Morgan fingerprint density at radius 3 is 1.48 bits per heavy atom. The quantitative estimate of drug-likeness (QED) is 0.296. The smallest absolute Gasteiger partial charge is 0.233 e. The van der Waals surface area contributed by atoms with Crippen LogP contribution in [0.2, 0.25) is 0 Å². The van der Waals surface area contributed by atoms with Crippen LogP contribution in [0.15, 0.2) is 72.8 Å². The molecule has 156 valence electrons. The highest BCUT2D eigenvalue weighted by atomic mass is 16.5. The maximum Gasteiger partial charge on any atom is 0.233 e. The zero-order valence-corrected chi connectivity index (χ0v) is 16.6. The predicted molar refractivity (Wildman–Crippen MR) is 119 cm³/mol. The van der Waals surface area contributed by atoms with Crippen molar-refractivity contribution in [2.75, 3.05) is 23.1 Å². The Hall–Kier alpha value is -4.53. The van der Waals surface area contributed by atoms with E-state index in [9.17, 15) is 10.2 Å². The van der Waals surface area contributed by atoms with Crippen LogP contribution >= 0.6 is 0 Å². The molecule has 0 unspecified atom stereocenters. The maximum atomic E-state index is 9.71. The number of benzene rings is 3. The number of ether oxygens (including phenoxy) is 1. The lowest BCUT2D eigenvalue weighted by Crippen LogP contribution is -2.07. The van der Waals surface area contributed by atoms with Gasteiger partial charge in [0.15, 0.2) is 0 Å². The summed E-state index contributed by atoms with van der Waals surface area (Å²) in [7, 11) is 1.60. The van der Waals surface area contributed by atoms with Crippen molar-refractivity contribution in [3.8, 4) is 17.2 Å². The molecule has 4 rings (SSSR count). The number of phenols is 2. The maximum absolute atomic E-state index is 9.71. The molecule has 0 aliphatic heterocycles. The number of aromatic nitrogens is 3. The van der Waals surface area contributed by atoms with Gasteiger partial charge < -0.3 is 30.9 Å². The first-order valence-corrected chi connectivity index (χ1v) is 9.37. The average Bonchev–Trinajstić information content (AvgIpc) is 2.74. The van der Waals surface area contributed by atoms with Gasteiger partial charge in [0, 0.05) is 29.2 Å². The summed E-state index contributed by atoms with van der Waals surface area (Å²) in [6.45, 7) is 0. The molecule has 9 heteroatoms. The van der Waals surface area contributed by atoms with E-state index in [1.807, 2.05) is 24.3 Å². The van der Waals surface area contributed by atoms with Gasteiger partial charge in [-0.15, -0.1) is 0 Å². The van der Waals surface area contributed by atoms with E-state index in [1.54, 1.807) is 55.6 Å². The lowest BCUT2D eigenvalue weighted by Gasteiger charge is -2.12. The van der Waals surface area contributed by atoms with Crippen LogP contribution in [0.25, 0.3) is 0 Å². The van der Waals surface area contributed by atoms with E-state index in [0.29, 0.717) is 17.3 Å².